The highest BCUT2D eigenvalue weighted by Crippen LogP contribution is 2.30. The van der Waals surface area contributed by atoms with Crippen LogP contribution in [0.15, 0.2) is 17.0 Å². The van der Waals surface area contributed by atoms with Crippen LogP contribution in [-0.2, 0) is 20.9 Å². The number of nitrogens with zero attached hydrogens (tertiary/aromatic N) is 3. The first kappa shape index (κ1) is 19.5. The van der Waals surface area contributed by atoms with Crippen LogP contribution in [0.2, 0.25) is 0 Å². The van der Waals surface area contributed by atoms with E-state index < -0.39 is 21.9 Å². The monoisotopic (exact) mass is 393 g/mol. The van der Waals surface area contributed by atoms with Gasteiger partial charge < -0.3 is 9.64 Å². The number of alkyl halides is 3. The Labute approximate surface area is 151 Å². The minimum atomic E-state index is -4.59. The molecule has 2 fully saturated rings. The van der Waals surface area contributed by atoms with Crippen LogP contribution in [0.3, 0.4) is 0 Å². The fourth-order valence-electron chi connectivity index (χ4n) is 3.36. The number of sulfonamides is 1. The lowest BCUT2D eigenvalue weighted by atomic mass is 10.1. The van der Waals surface area contributed by atoms with Crippen molar-refractivity contribution < 1.29 is 26.3 Å². The number of aryl methyl sites for hydroxylation is 1. The standard InChI is InChI=1S/C16H22F3N3O3S/c1-12-14(2-3-15(20-12)16(17,18)19)26(23,24)22-7-5-21(6-8-22)10-13-4-9-25-11-13/h2-3,13H,4-11H2,1H3/t13-/m0/s1. The van der Waals surface area contributed by atoms with Gasteiger partial charge in [-0.05, 0) is 31.4 Å². The van der Waals surface area contributed by atoms with E-state index in [2.05, 4.69) is 9.88 Å². The van der Waals surface area contributed by atoms with Gasteiger partial charge in [-0.15, -0.1) is 0 Å². The molecule has 1 aromatic heterocycles. The number of ether oxygens (including phenoxy) is 1. The molecule has 10 heteroatoms. The molecule has 0 radical (unpaired) electrons. The maximum atomic E-state index is 12.8. The molecule has 0 saturated carbocycles. The molecule has 6 nitrogen and oxygen atoms in total. The van der Waals surface area contributed by atoms with Crippen LogP contribution >= 0.6 is 0 Å². The van der Waals surface area contributed by atoms with E-state index in [0.717, 1.165) is 38.3 Å². The normalized spacial score (nSPS) is 23.5. The van der Waals surface area contributed by atoms with Crippen molar-refractivity contribution >= 4 is 10.0 Å². The Morgan fingerprint density at radius 2 is 1.92 bits per heavy atom. The fourth-order valence-corrected chi connectivity index (χ4v) is 4.94. The Hall–Kier alpha value is -1.23. The Balaban J connectivity index is 1.67. The summed E-state index contributed by atoms with van der Waals surface area (Å²) >= 11 is 0. The molecule has 1 aromatic rings. The molecule has 3 rings (SSSR count). The Morgan fingerprint density at radius 3 is 2.46 bits per heavy atom. The number of hydrogen-bond acceptors (Lipinski definition) is 5. The van der Waals surface area contributed by atoms with Crippen molar-refractivity contribution in [3.8, 4) is 0 Å². The first-order chi connectivity index (χ1) is 12.2. The lowest BCUT2D eigenvalue weighted by molar-refractivity contribution is -0.141. The lowest BCUT2D eigenvalue weighted by Crippen LogP contribution is -2.49. The minimum absolute atomic E-state index is 0.134. The highest BCUT2D eigenvalue weighted by molar-refractivity contribution is 7.89. The van der Waals surface area contributed by atoms with E-state index in [1.54, 1.807) is 0 Å². The van der Waals surface area contributed by atoms with Gasteiger partial charge in [-0.25, -0.2) is 13.4 Å². The molecular weight excluding hydrogens is 371 g/mol. The number of aromatic nitrogens is 1. The average Bonchev–Trinajstić information content (AvgIpc) is 3.07. The van der Waals surface area contributed by atoms with Gasteiger partial charge in [0.1, 0.15) is 10.6 Å². The molecule has 2 saturated heterocycles. The van der Waals surface area contributed by atoms with Crippen LogP contribution < -0.4 is 0 Å². The molecule has 0 spiro atoms. The number of piperazine rings is 1. The van der Waals surface area contributed by atoms with Crippen molar-refractivity contribution in [2.24, 2.45) is 5.92 Å². The zero-order valence-corrected chi connectivity index (χ0v) is 15.3. The second-order valence-electron chi connectivity index (χ2n) is 6.71. The van der Waals surface area contributed by atoms with Gasteiger partial charge >= 0.3 is 6.18 Å². The molecule has 2 aliphatic heterocycles. The van der Waals surface area contributed by atoms with Crippen molar-refractivity contribution in [2.45, 2.75) is 24.4 Å². The lowest BCUT2D eigenvalue weighted by Gasteiger charge is -2.35. The smallest absolute Gasteiger partial charge is 0.381 e. The number of rotatable bonds is 4. The third kappa shape index (κ3) is 4.19. The van der Waals surface area contributed by atoms with Gasteiger partial charge in [-0.2, -0.15) is 17.5 Å². The van der Waals surface area contributed by atoms with E-state index in [1.165, 1.54) is 11.2 Å². The highest BCUT2D eigenvalue weighted by Gasteiger charge is 2.35. The molecule has 3 heterocycles. The van der Waals surface area contributed by atoms with Crippen LogP contribution in [0.1, 0.15) is 17.8 Å². The van der Waals surface area contributed by atoms with Gasteiger partial charge in [-0.3, -0.25) is 0 Å². The quantitative estimate of drug-likeness (QED) is 0.780. The van der Waals surface area contributed by atoms with E-state index in [-0.39, 0.29) is 10.6 Å². The zero-order chi connectivity index (χ0) is 18.9. The van der Waals surface area contributed by atoms with Gasteiger partial charge in [0, 0.05) is 39.3 Å². The molecule has 0 aliphatic carbocycles. The molecule has 0 N–H and O–H groups in total. The third-order valence-corrected chi connectivity index (χ3v) is 6.85. The molecule has 0 amide bonds. The van der Waals surface area contributed by atoms with E-state index in [4.69, 9.17) is 4.74 Å². The summed E-state index contributed by atoms with van der Waals surface area (Å²) in [5, 5.41) is 0. The summed E-state index contributed by atoms with van der Waals surface area (Å²) in [5.74, 6) is 0.486. The van der Waals surface area contributed by atoms with E-state index in [1.807, 2.05) is 0 Å². The first-order valence-corrected chi connectivity index (χ1v) is 9.97. The van der Waals surface area contributed by atoms with E-state index in [9.17, 15) is 21.6 Å². The average molecular weight is 393 g/mol. The molecular formula is C16H22F3N3O3S. The minimum Gasteiger partial charge on any atom is -0.381 e. The molecule has 0 bridgehead atoms. The van der Waals surface area contributed by atoms with Gasteiger partial charge in [0.25, 0.3) is 0 Å². The van der Waals surface area contributed by atoms with Crippen molar-refractivity contribution in [1.29, 1.82) is 0 Å². The molecule has 0 unspecified atom stereocenters. The van der Waals surface area contributed by atoms with Gasteiger partial charge in [0.15, 0.2) is 0 Å². The van der Waals surface area contributed by atoms with Crippen LogP contribution in [0.25, 0.3) is 0 Å². The van der Waals surface area contributed by atoms with Crippen molar-refractivity contribution in [3.05, 3.63) is 23.5 Å². The summed E-state index contributed by atoms with van der Waals surface area (Å²) in [7, 11) is -3.85. The van der Waals surface area contributed by atoms with Gasteiger partial charge in [0.05, 0.1) is 12.3 Å². The Bertz CT molecular complexity index is 741. The van der Waals surface area contributed by atoms with Crippen LogP contribution in [-0.4, -0.2) is 68.5 Å². The summed E-state index contributed by atoms with van der Waals surface area (Å²) < 4.78 is 70.4. The molecule has 26 heavy (non-hydrogen) atoms. The van der Waals surface area contributed by atoms with E-state index >= 15 is 0 Å². The third-order valence-electron chi connectivity index (χ3n) is 4.82. The maximum Gasteiger partial charge on any atom is 0.433 e. The molecule has 0 aromatic carbocycles. The molecule has 1 atom stereocenters. The van der Waals surface area contributed by atoms with Crippen molar-refractivity contribution in [2.75, 3.05) is 45.9 Å². The van der Waals surface area contributed by atoms with Crippen LogP contribution in [0.4, 0.5) is 13.2 Å². The van der Waals surface area contributed by atoms with Crippen molar-refractivity contribution in [1.82, 2.24) is 14.2 Å². The largest absolute Gasteiger partial charge is 0.433 e. The van der Waals surface area contributed by atoms with Crippen LogP contribution in [0, 0.1) is 12.8 Å². The SMILES string of the molecule is Cc1nc(C(F)(F)F)ccc1S(=O)(=O)N1CCN(C[C@@H]2CCOC2)CC1. The van der Waals surface area contributed by atoms with Gasteiger partial charge in [0.2, 0.25) is 10.0 Å². The topological polar surface area (TPSA) is 62.7 Å². The van der Waals surface area contributed by atoms with E-state index in [0.29, 0.717) is 32.1 Å². The summed E-state index contributed by atoms with van der Waals surface area (Å²) in [4.78, 5) is 5.48. The fraction of sp³-hybridized carbons (Fsp3) is 0.688. The second-order valence-corrected chi connectivity index (χ2v) is 8.62. The maximum absolute atomic E-state index is 12.8. The molecule has 146 valence electrons. The van der Waals surface area contributed by atoms with Crippen molar-refractivity contribution in [3.63, 3.8) is 0 Å². The highest BCUT2D eigenvalue weighted by atomic mass is 32.2. The second kappa shape index (κ2) is 7.41. The van der Waals surface area contributed by atoms with Gasteiger partial charge in [-0.1, -0.05) is 0 Å². The Kier molecular flexibility index (Phi) is 5.57. The Morgan fingerprint density at radius 1 is 1.23 bits per heavy atom. The summed E-state index contributed by atoms with van der Waals surface area (Å²) in [6.45, 7) is 5.53. The zero-order valence-electron chi connectivity index (χ0n) is 14.5. The predicted molar refractivity (Wildman–Crippen MR) is 88.1 cm³/mol. The summed E-state index contributed by atoms with van der Waals surface area (Å²) in [5.41, 5.74) is -1.22. The summed E-state index contributed by atoms with van der Waals surface area (Å²) in [6.07, 6.45) is -3.57. The first-order valence-electron chi connectivity index (χ1n) is 8.53. The predicted octanol–water partition coefficient (Wildman–Crippen LogP) is 1.75. The summed E-state index contributed by atoms with van der Waals surface area (Å²) in [6, 6.07) is 1.72. The number of pyridine rings is 1. The van der Waals surface area contributed by atoms with Crippen LogP contribution in [0.5, 0.6) is 0 Å². The molecule has 2 aliphatic rings. The number of halogens is 3. The number of hydrogen-bond donors (Lipinski definition) is 0.